The molecule has 0 bridgehead atoms. The summed E-state index contributed by atoms with van der Waals surface area (Å²) in [6, 6.07) is 9.09. The van der Waals surface area contributed by atoms with Crippen LogP contribution in [-0.4, -0.2) is 94.2 Å². The lowest BCUT2D eigenvalue weighted by molar-refractivity contribution is -0.126. The third-order valence-corrected chi connectivity index (χ3v) is 8.35. The third kappa shape index (κ3) is 8.03. The Hall–Kier alpha value is -3.70. The minimum absolute atomic E-state index is 0.110. The Bertz CT molecular complexity index is 1390. The highest BCUT2D eigenvalue weighted by molar-refractivity contribution is 5.87. The van der Waals surface area contributed by atoms with E-state index < -0.39 is 0 Å². The molecule has 11 nitrogen and oxygen atoms in total. The Morgan fingerprint density at radius 1 is 1.12 bits per heavy atom. The highest BCUT2D eigenvalue weighted by Gasteiger charge is 2.23. The monoisotopic (exact) mass is 588 g/mol. The van der Waals surface area contributed by atoms with Crippen molar-refractivity contribution in [3.63, 3.8) is 0 Å². The molecule has 3 aromatic rings. The third-order valence-electron chi connectivity index (χ3n) is 8.35. The number of piperidine rings is 1. The van der Waals surface area contributed by atoms with Crippen molar-refractivity contribution in [1.82, 2.24) is 29.4 Å². The molecule has 2 aliphatic rings. The summed E-state index contributed by atoms with van der Waals surface area (Å²) in [6.45, 7) is 8.99. The van der Waals surface area contributed by atoms with Gasteiger partial charge in [-0.05, 0) is 69.8 Å². The summed E-state index contributed by atoms with van der Waals surface area (Å²) in [5.74, 6) is 1.83. The van der Waals surface area contributed by atoms with Crippen molar-refractivity contribution in [1.29, 1.82) is 0 Å². The lowest BCUT2D eigenvalue weighted by Crippen LogP contribution is -2.40. The number of hydrogen-bond acceptors (Lipinski definition) is 9. The molecule has 11 heteroatoms. The number of anilines is 3. The SMILES string of the molecule is CC(C)c1cnn2c(NCc3cccc(NC4CCCN(C(=O)/C=C/CN(C)C)CC4)c3)nc(N3CCC(N)CC3)nc12. The number of hydrogen-bond donors (Lipinski definition) is 3. The van der Waals surface area contributed by atoms with Gasteiger partial charge < -0.3 is 31.1 Å². The van der Waals surface area contributed by atoms with Crippen LogP contribution in [0.2, 0.25) is 0 Å². The summed E-state index contributed by atoms with van der Waals surface area (Å²) in [6.07, 6.45) is 10.4. The molecule has 1 amide bonds. The zero-order valence-electron chi connectivity index (χ0n) is 26.2. The predicted octanol–water partition coefficient (Wildman–Crippen LogP) is 3.70. The summed E-state index contributed by atoms with van der Waals surface area (Å²) in [5, 5.41) is 11.9. The van der Waals surface area contributed by atoms with E-state index in [1.807, 2.05) is 40.7 Å². The normalized spacial score (nSPS) is 18.6. The van der Waals surface area contributed by atoms with E-state index in [0.29, 0.717) is 24.5 Å². The quantitative estimate of drug-likeness (QED) is 0.305. The molecule has 232 valence electrons. The van der Waals surface area contributed by atoms with Gasteiger partial charge in [0.05, 0.1) is 6.20 Å². The number of carbonyl (C=O) groups is 1. The number of likely N-dealkylation sites (tertiary alicyclic amines) is 1. The molecule has 2 saturated heterocycles. The second kappa shape index (κ2) is 14.2. The van der Waals surface area contributed by atoms with Crippen LogP contribution in [-0.2, 0) is 11.3 Å². The Kier molecular flexibility index (Phi) is 10.1. The average molecular weight is 589 g/mol. The minimum atomic E-state index is 0.110. The van der Waals surface area contributed by atoms with Crippen molar-refractivity contribution in [3.05, 3.63) is 53.7 Å². The maximum absolute atomic E-state index is 12.6. The molecule has 2 fully saturated rings. The molecular formula is C32H48N10O. The van der Waals surface area contributed by atoms with Gasteiger partial charge in [0.2, 0.25) is 17.8 Å². The number of amides is 1. The molecular weight excluding hydrogens is 540 g/mol. The molecule has 0 spiro atoms. The summed E-state index contributed by atoms with van der Waals surface area (Å²) in [4.78, 5) is 28.8. The van der Waals surface area contributed by atoms with Gasteiger partial charge >= 0.3 is 0 Å². The maximum Gasteiger partial charge on any atom is 0.246 e. The first-order valence-corrected chi connectivity index (χ1v) is 15.7. The van der Waals surface area contributed by atoms with Gasteiger partial charge in [0.1, 0.15) is 0 Å². The van der Waals surface area contributed by atoms with E-state index in [2.05, 4.69) is 58.7 Å². The first kappa shape index (κ1) is 30.7. The second-order valence-corrected chi connectivity index (χ2v) is 12.5. The molecule has 43 heavy (non-hydrogen) atoms. The molecule has 1 aromatic carbocycles. The van der Waals surface area contributed by atoms with Crippen LogP contribution >= 0.6 is 0 Å². The van der Waals surface area contributed by atoms with E-state index in [-0.39, 0.29) is 11.9 Å². The van der Waals surface area contributed by atoms with Gasteiger partial charge in [-0.1, -0.05) is 32.1 Å². The van der Waals surface area contributed by atoms with Crippen LogP contribution in [0.1, 0.15) is 63.0 Å². The highest BCUT2D eigenvalue weighted by atomic mass is 16.2. The van der Waals surface area contributed by atoms with E-state index >= 15 is 0 Å². The van der Waals surface area contributed by atoms with Crippen LogP contribution in [0.5, 0.6) is 0 Å². The van der Waals surface area contributed by atoms with Gasteiger partial charge in [-0.2, -0.15) is 19.6 Å². The Balaban J connectivity index is 1.24. The van der Waals surface area contributed by atoms with Gasteiger partial charge in [-0.3, -0.25) is 4.79 Å². The standard InChI is InChI=1S/C32H48N10O/c1-23(2)28-22-35-42-30(28)37-32(41-17-12-25(33)13-18-41)38-31(42)34-21-24-8-5-9-27(20-24)36-26-10-6-16-40(19-14-26)29(43)11-7-15-39(3)4/h5,7-9,11,20,22-23,25-26,36H,6,10,12-19,21,33H2,1-4H3,(H,34,37,38)/b11-7+. The number of nitrogens with zero attached hydrogens (tertiary/aromatic N) is 7. The van der Waals surface area contributed by atoms with Crippen molar-refractivity contribution >= 4 is 29.1 Å². The van der Waals surface area contributed by atoms with Gasteiger partial charge in [0.15, 0.2) is 5.65 Å². The number of carbonyl (C=O) groups excluding carboxylic acids is 1. The Labute approximate surface area is 255 Å². The van der Waals surface area contributed by atoms with Crippen molar-refractivity contribution in [3.8, 4) is 0 Å². The number of likely N-dealkylation sites (N-methyl/N-ethyl adjacent to an activating group) is 1. The van der Waals surface area contributed by atoms with Gasteiger partial charge in [-0.25, -0.2) is 0 Å². The molecule has 5 rings (SSSR count). The fourth-order valence-electron chi connectivity index (χ4n) is 5.76. The second-order valence-electron chi connectivity index (χ2n) is 12.5. The molecule has 1 atom stereocenters. The number of nitrogens with two attached hydrogens (primary N) is 1. The lowest BCUT2D eigenvalue weighted by Gasteiger charge is -2.30. The van der Waals surface area contributed by atoms with E-state index in [1.54, 1.807) is 6.08 Å². The zero-order chi connectivity index (χ0) is 30.3. The fourth-order valence-corrected chi connectivity index (χ4v) is 5.76. The van der Waals surface area contributed by atoms with E-state index in [9.17, 15) is 4.79 Å². The van der Waals surface area contributed by atoms with Gasteiger partial charge in [-0.15, -0.1) is 0 Å². The molecule has 1 unspecified atom stereocenters. The summed E-state index contributed by atoms with van der Waals surface area (Å²) < 4.78 is 1.82. The minimum Gasteiger partial charge on any atom is -0.382 e. The maximum atomic E-state index is 12.6. The molecule has 4 heterocycles. The topological polar surface area (TPSA) is 120 Å². The lowest BCUT2D eigenvalue weighted by atomic mass is 10.1. The van der Waals surface area contributed by atoms with Crippen LogP contribution in [0.4, 0.5) is 17.6 Å². The Morgan fingerprint density at radius 2 is 1.93 bits per heavy atom. The van der Waals surface area contributed by atoms with Crippen LogP contribution in [0.3, 0.4) is 0 Å². The summed E-state index contributed by atoms with van der Waals surface area (Å²) >= 11 is 0. The van der Waals surface area contributed by atoms with Gasteiger partial charge in [0, 0.05) is 68.7 Å². The smallest absolute Gasteiger partial charge is 0.246 e. The van der Waals surface area contributed by atoms with Crippen molar-refractivity contribution in [2.45, 2.75) is 70.5 Å². The molecule has 0 radical (unpaired) electrons. The fraction of sp³-hybridized carbons (Fsp3) is 0.562. The number of rotatable bonds is 10. The molecule has 4 N–H and O–H groups in total. The number of fused-ring (bicyclic) bond motifs is 1. The van der Waals surface area contributed by atoms with Gasteiger partial charge in [0.25, 0.3) is 0 Å². The van der Waals surface area contributed by atoms with Crippen LogP contribution in [0, 0.1) is 0 Å². The summed E-state index contributed by atoms with van der Waals surface area (Å²) in [7, 11) is 4.00. The first-order valence-electron chi connectivity index (χ1n) is 15.7. The van der Waals surface area contributed by atoms with Crippen molar-refractivity contribution in [2.24, 2.45) is 5.73 Å². The van der Waals surface area contributed by atoms with E-state index in [4.69, 9.17) is 15.7 Å². The van der Waals surface area contributed by atoms with E-state index in [0.717, 1.165) is 93.2 Å². The van der Waals surface area contributed by atoms with Crippen LogP contribution in [0.15, 0.2) is 42.6 Å². The average Bonchev–Trinajstić information content (AvgIpc) is 3.29. The molecule has 2 aliphatic heterocycles. The van der Waals surface area contributed by atoms with Crippen molar-refractivity contribution < 1.29 is 4.79 Å². The number of nitrogens with one attached hydrogen (secondary N) is 2. The summed E-state index contributed by atoms with van der Waals surface area (Å²) in [5.41, 5.74) is 10.4. The number of benzene rings is 1. The molecule has 0 saturated carbocycles. The molecule has 0 aliphatic carbocycles. The zero-order valence-corrected chi connectivity index (χ0v) is 26.2. The van der Waals surface area contributed by atoms with Crippen molar-refractivity contribution in [2.75, 3.05) is 62.4 Å². The number of aromatic nitrogens is 4. The highest BCUT2D eigenvalue weighted by Crippen LogP contribution is 2.25. The van der Waals surface area contributed by atoms with Crippen LogP contribution < -0.4 is 21.3 Å². The molecule has 2 aromatic heterocycles. The predicted molar refractivity (Wildman–Crippen MR) is 174 cm³/mol. The Morgan fingerprint density at radius 3 is 2.70 bits per heavy atom. The van der Waals surface area contributed by atoms with E-state index in [1.165, 1.54) is 0 Å². The largest absolute Gasteiger partial charge is 0.382 e. The van der Waals surface area contributed by atoms with Crippen LogP contribution in [0.25, 0.3) is 5.65 Å². The first-order chi connectivity index (χ1) is 20.8.